The van der Waals surface area contributed by atoms with Crippen molar-refractivity contribution in [2.24, 2.45) is 0 Å². The predicted octanol–water partition coefficient (Wildman–Crippen LogP) is 0.971. The molecule has 1 rings (SSSR count). The third-order valence-electron chi connectivity index (χ3n) is 1.26. The zero-order valence-electron chi connectivity index (χ0n) is 6.14. The van der Waals surface area contributed by atoms with Gasteiger partial charge in [0.2, 0.25) is 0 Å². The van der Waals surface area contributed by atoms with E-state index < -0.39 is 10.1 Å². The molecule has 64 valence electrons. The molecule has 1 N–H and O–H groups in total. The molecule has 0 saturated heterocycles. The molecule has 0 atom stereocenters. The highest BCUT2D eigenvalue weighted by molar-refractivity contribution is 7.85. The first-order valence-corrected chi connectivity index (χ1v) is 4.54. The number of hydrogen-bond donors (Lipinski definition) is 1. The van der Waals surface area contributed by atoms with Gasteiger partial charge in [-0.1, -0.05) is 18.7 Å². The number of rotatable bonds is 2. The van der Waals surface area contributed by atoms with E-state index in [1.165, 1.54) is 24.4 Å². The second kappa shape index (κ2) is 3.04. The van der Waals surface area contributed by atoms with Crippen molar-refractivity contribution in [1.82, 2.24) is 4.98 Å². The average molecular weight is 185 g/mol. The largest absolute Gasteiger partial charge is 0.312 e. The standard InChI is InChI=1S/C7H7NO3S/c1-2-6-3-4-7(8-5-6)12(9,10)11/h2-5H,1H2,(H,9,10,11). The van der Waals surface area contributed by atoms with Crippen molar-refractivity contribution in [2.75, 3.05) is 0 Å². The topological polar surface area (TPSA) is 67.3 Å². The molecule has 0 fully saturated rings. The molecule has 1 aromatic heterocycles. The van der Waals surface area contributed by atoms with Crippen molar-refractivity contribution in [2.45, 2.75) is 5.03 Å². The minimum absolute atomic E-state index is 0.354. The molecule has 0 unspecified atom stereocenters. The molecule has 12 heavy (non-hydrogen) atoms. The van der Waals surface area contributed by atoms with Gasteiger partial charge in [0, 0.05) is 6.20 Å². The van der Waals surface area contributed by atoms with Gasteiger partial charge in [-0.25, -0.2) is 4.98 Å². The summed E-state index contributed by atoms with van der Waals surface area (Å²) in [6, 6.07) is 2.72. The third-order valence-corrected chi connectivity index (χ3v) is 2.03. The van der Waals surface area contributed by atoms with E-state index in [-0.39, 0.29) is 5.03 Å². The average Bonchev–Trinajstić information content (AvgIpc) is 2.03. The van der Waals surface area contributed by atoms with E-state index in [9.17, 15) is 8.42 Å². The number of hydrogen-bond acceptors (Lipinski definition) is 3. The maximum atomic E-state index is 10.5. The second-order valence-corrected chi connectivity index (χ2v) is 3.48. The summed E-state index contributed by atoms with van der Waals surface area (Å²) in [5, 5.41) is -0.354. The van der Waals surface area contributed by atoms with E-state index >= 15 is 0 Å². The predicted molar refractivity (Wildman–Crippen MR) is 44.1 cm³/mol. The lowest BCUT2D eigenvalue weighted by Crippen LogP contribution is -2.00. The van der Waals surface area contributed by atoms with Gasteiger partial charge in [0.25, 0.3) is 0 Å². The Bertz CT molecular complexity index is 380. The highest BCUT2D eigenvalue weighted by Gasteiger charge is 2.09. The summed E-state index contributed by atoms with van der Waals surface area (Å²) in [6.07, 6.45) is 2.84. The van der Waals surface area contributed by atoms with Gasteiger partial charge in [-0.2, -0.15) is 8.42 Å². The van der Waals surface area contributed by atoms with Crippen LogP contribution in [0.4, 0.5) is 0 Å². The van der Waals surface area contributed by atoms with E-state index in [0.29, 0.717) is 5.56 Å². The Balaban J connectivity index is 3.17. The van der Waals surface area contributed by atoms with Gasteiger partial charge in [-0.3, -0.25) is 4.55 Å². The van der Waals surface area contributed by atoms with Crippen LogP contribution in [0, 0.1) is 0 Å². The molecule has 0 spiro atoms. The summed E-state index contributed by atoms with van der Waals surface area (Å²) in [4.78, 5) is 3.51. The minimum atomic E-state index is -4.17. The number of pyridine rings is 1. The van der Waals surface area contributed by atoms with Crippen molar-refractivity contribution in [3.8, 4) is 0 Å². The van der Waals surface area contributed by atoms with E-state index in [2.05, 4.69) is 11.6 Å². The van der Waals surface area contributed by atoms with Crippen LogP contribution in [0.2, 0.25) is 0 Å². The Morgan fingerprint density at radius 3 is 2.50 bits per heavy atom. The normalized spacial score (nSPS) is 11.1. The van der Waals surface area contributed by atoms with Crippen LogP contribution >= 0.6 is 0 Å². The monoisotopic (exact) mass is 185 g/mol. The lowest BCUT2D eigenvalue weighted by molar-refractivity contribution is 0.479. The van der Waals surface area contributed by atoms with Crippen molar-refractivity contribution in [3.63, 3.8) is 0 Å². The van der Waals surface area contributed by atoms with Crippen molar-refractivity contribution in [3.05, 3.63) is 30.5 Å². The Morgan fingerprint density at radius 1 is 1.50 bits per heavy atom. The molecular formula is C7H7NO3S. The molecule has 1 aromatic rings. The highest BCUT2D eigenvalue weighted by atomic mass is 32.2. The first-order valence-electron chi connectivity index (χ1n) is 3.10. The maximum absolute atomic E-state index is 10.5. The summed E-state index contributed by atoms with van der Waals surface area (Å²) in [7, 11) is -4.17. The molecule has 0 bridgehead atoms. The summed E-state index contributed by atoms with van der Waals surface area (Å²) < 4.78 is 29.5. The SMILES string of the molecule is C=Cc1ccc(S(=O)(=O)O)nc1. The van der Waals surface area contributed by atoms with Gasteiger partial charge >= 0.3 is 10.1 Å². The van der Waals surface area contributed by atoms with E-state index in [0.717, 1.165) is 0 Å². The van der Waals surface area contributed by atoms with Gasteiger partial charge in [0.05, 0.1) is 0 Å². The van der Waals surface area contributed by atoms with E-state index in [1.807, 2.05) is 0 Å². The maximum Gasteiger partial charge on any atom is 0.312 e. The van der Waals surface area contributed by atoms with Crippen molar-refractivity contribution in [1.29, 1.82) is 0 Å². The Hall–Kier alpha value is -1.20. The highest BCUT2D eigenvalue weighted by Crippen LogP contribution is 2.06. The van der Waals surface area contributed by atoms with Crippen LogP contribution in [-0.4, -0.2) is 18.0 Å². The van der Waals surface area contributed by atoms with Gasteiger partial charge in [0.1, 0.15) is 0 Å². The molecular weight excluding hydrogens is 178 g/mol. The van der Waals surface area contributed by atoms with Crippen LogP contribution in [0.25, 0.3) is 6.08 Å². The van der Waals surface area contributed by atoms with Crippen molar-refractivity contribution >= 4 is 16.2 Å². The van der Waals surface area contributed by atoms with Gasteiger partial charge in [0.15, 0.2) is 5.03 Å². The molecule has 1 heterocycles. The summed E-state index contributed by atoms with van der Waals surface area (Å²) >= 11 is 0. The smallest absolute Gasteiger partial charge is 0.281 e. The van der Waals surface area contributed by atoms with Crippen LogP contribution in [0.15, 0.2) is 29.9 Å². The van der Waals surface area contributed by atoms with Crippen LogP contribution < -0.4 is 0 Å². The third kappa shape index (κ3) is 1.90. The molecule has 0 saturated carbocycles. The minimum Gasteiger partial charge on any atom is -0.281 e. The fraction of sp³-hybridized carbons (Fsp3) is 0. The molecule has 0 aromatic carbocycles. The molecule has 0 aliphatic carbocycles. The van der Waals surface area contributed by atoms with Gasteiger partial charge in [-0.15, -0.1) is 0 Å². The van der Waals surface area contributed by atoms with Crippen LogP contribution in [0.5, 0.6) is 0 Å². The van der Waals surface area contributed by atoms with Crippen molar-refractivity contribution < 1.29 is 13.0 Å². The van der Waals surface area contributed by atoms with E-state index in [4.69, 9.17) is 4.55 Å². The van der Waals surface area contributed by atoms with Crippen LogP contribution in [0.3, 0.4) is 0 Å². The van der Waals surface area contributed by atoms with Gasteiger partial charge in [-0.05, 0) is 11.6 Å². The van der Waals surface area contributed by atoms with Crippen LogP contribution in [-0.2, 0) is 10.1 Å². The Kier molecular flexibility index (Phi) is 2.25. The lowest BCUT2D eigenvalue weighted by atomic mass is 10.3. The molecule has 5 heteroatoms. The number of aromatic nitrogens is 1. The fourth-order valence-electron chi connectivity index (χ4n) is 0.665. The second-order valence-electron chi connectivity index (χ2n) is 2.11. The quantitative estimate of drug-likeness (QED) is 0.697. The number of nitrogens with zero attached hydrogens (tertiary/aromatic N) is 1. The zero-order chi connectivity index (χ0) is 9.19. The first kappa shape index (κ1) is 8.89. The molecule has 0 aliphatic rings. The molecule has 0 radical (unpaired) electrons. The molecule has 0 amide bonds. The Labute approximate surface area is 70.3 Å². The molecule has 4 nitrogen and oxygen atoms in total. The van der Waals surface area contributed by atoms with Gasteiger partial charge < -0.3 is 0 Å². The summed E-state index contributed by atoms with van der Waals surface area (Å²) in [6.45, 7) is 3.47. The summed E-state index contributed by atoms with van der Waals surface area (Å²) in [5.74, 6) is 0. The zero-order valence-corrected chi connectivity index (χ0v) is 6.95. The Morgan fingerprint density at radius 2 is 2.17 bits per heavy atom. The van der Waals surface area contributed by atoms with E-state index in [1.54, 1.807) is 0 Å². The summed E-state index contributed by atoms with van der Waals surface area (Å²) in [5.41, 5.74) is 0.697. The first-order chi connectivity index (χ1) is 5.54. The van der Waals surface area contributed by atoms with Crippen LogP contribution in [0.1, 0.15) is 5.56 Å². The lowest BCUT2D eigenvalue weighted by Gasteiger charge is -1.95. The molecule has 0 aliphatic heterocycles. The fourth-order valence-corrected chi connectivity index (χ4v) is 1.09.